The van der Waals surface area contributed by atoms with Gasteiger partial charge >= 0.3 is 6.18 Å². The first-order chi connectivity index (χ1) is 5.96. The van der Waals surface area contributed by atoms with Gasteiger partial charge in [0.15, 0.2) is 12.0 Å². The number of rotatable bonds is 1. The Balaban J connectivity index is 3.37. The normalized spacial score (nSPS) is 11.4. The number of alkyl halides is 3. The number of carbonyl (C=O) groups is 1. The summed E-state index contributed by atoms with van der Waals surface area (Å²) in [7, 11) is 0. The second kappa shape index (κ2) is 3.33. The Hall–Kier alpha value is -1.10. The van der Waals surface area contributed by atoms with Crippen molar-refractivity contribution >= 4 is 17.9 Å². The van der Waals surface area contributed by atoms with Gasteiger partial charge in [-0.3, -0.25) is 9.78 Å². The molecule has 6 heteroatoms. The maximum absolute atomic E-state index is 12.1. The van der Waals surface area contributed by atoms with Crippen molar-refractivity contribution in [3.8, 4) is 0 Å². The molecule has 1 aromatic heterocycles. The number of aromatic nitrogens is 1. The van der Waals surface area contributed by atoms with Gasteiger partial charge in [0.05, 0.1) is 10.6 Å². The zero-order valence-electron chi connectivity index (χ0n) is 6.10. The van der Waals surface area contributed by atoms with E-state index in [2.05, 4.69) is 4.98 Å². The molecule has 2 nitrogen and oxygen atoms in total. The first-order valence-corrected chi connectivity index (χ1v) is 3.51. The summed E-state index contributed by atoms with van der Waals surface area (Å²) < 4.78 is 36.4. The van der Waals surface area contributed by atoms with Crippen molar-refractivity contribution in [3.05, 3.63) is 28.5 Å². The van der Waals surface area contributed by atoms with E-state index in [1.54, 1.807) is 0 Å². The summed E-state index contributed by atoms with van der Waals surface area (Å²) in [6.07, 6.45) is -3.71. The van der Waals surface area contributed by atoms with Gasteiger partial charge in [0.25, 0.3) is 0 Å². The van der Waals surface area contributed by atoms with Crippen LogP contribution in [0.2, 0.25) is 5.02 Å². The van der Waals surface area contributed by atoms with Crippen LogP contribution in [0.5, 0.6) is 0 Å². The Morgan fingerprint density at radius 1 is 1.46 bits per heavy atom. The summed E-state index contributed by atoms with van der Waals surface area (Å²) in [5, 5.41) is -0.252. The summed E-state index contributed by atoms with van der Waals surface area (Å²) in [5.74, 6) is 0. The van der Waals surface area contributed by atoms with Gasteiger partial charge in [-0.05, 0) is 6.07 Å². The highest BCUT2D eigenvalue weighted by molar-refractivity contribution is 6.33. The molecule has 0 aliphatic carbocycles. The number of carbonyl (C=O) groups excluding carboxylic acids is 1. The van der Waals surface area contributed by atoms with Gasteiger partial charge in [0.1, 0.15) is 0 Å². The van der Waals surface area contributed by atoms with E-state index in [1.165, 1.54) is 0 Å². The predicted octanol–water partition coefficient (Wildman–Crippen LogP) is 2.57. The summed E-state index contributed by atoms with van der Waals surface area (Å²) in [4.78, 5) is 13.3. The van der Waals surface area contributed by atoms with Crippen LogP contribution in [0, 0.1) is 0 Å². The topological polar surface area (TPSA) is 30.0 Å². The van der Waals surface area contributed by atoms with Crippen LogP contribution >= 0.6 is 11.6 Å². The quantitative estimate of drug-likeness (QED) is 0.666. The number of aldehydes is 1. The highest BCUT2D eigenvalue weighted by atomic mass is 35.5. The van der Waals surface area contributed by atoms with E-state index in [-0.39, 0.29) is 11.3 Å². The zero-order valence-corrected chi connectivity index (χ0v) is 6.86. The Bertz CT molecular complexity index is 337. The second-order valence-electron chi connectivity index (χ2n) is 2.17. The fraction of sp³-hybridized carbons (Fsp3) is 0.143. The Kier molecular flexibility index (Phi) is 2.56. The summed E-state index contributed by atoms with van der Waals surface area (Å²) >= 11 is 5.36. The molecule has 0 saturated carbocycles. The summed E-state index contributed by atoms with van der Waals surface area (Å²) in [6, 6.07) is 1.13. The lowest BCUT2D eigenvalue weighted by molar-refractivity contribution is -0.141. The molecular weight excluding hydrogens is 207 g/mol. The van der Waals surface area contributed by atoms with Crippen molar-refractivity contribution in [3.63, 3.8) is 0 Å². The van der Waals surface area contributed by atoms with E-state index in [0.29, 0.717) is 0 Å². The smallest absolute Gasteiger partial charge is 0.298 e. The van der Waals surface area contributed by atoms with E-state index >= 15 is 0 Å². The van der Waals surface area contributed by atoms with E-state index < -0.39 is 17.4 Å². The minimum absolute atomic E-state index is 0.0398. The van der Waals surface area contributed by atoms with Crippen LogP contribution in [0.4, 0.5) is 13.2 Å². The molecule has 1 heterocycles. The summed E-state index contributed by atoms with van der Waals surface area (Å²) in [5.41, 5.74) is -1.88. The molecule has 0 fully saturated rings. The molecule has 0 aliphatic heterocycles. The number of halogens is 4. The average Bonchev–Trinajstić information content (AvgIpc) is 2.02. The van der Waals surface area contributed by atoms with E-state index in [0.717, 1.165) is 12.3 Å². The van der Waals surface area contributed by atoms with Crippen molar-refractivity contribution < 1.29 is 18.0 Å². The van der Waals surface area contributed by atoms with E-state index in [4.69, 9.17) is 11.6 Å². The monoisotopic (exact) mass is 209 g/mol. The van der Waals surface area contributed by atoms with Gasteiger partial charge in [0.2, 0.25) is 0 Å². The fourth-order valence-corrected chi connectivity index (χ4v) is 0.978. The lowest BCUT2D eigenvalue weighted by atomic mass is 10.2. The maximum Gasteiger partial charge on any atom is 0.434 e. The Labute approximate surface area is 76.3 Å². The minimum atomic E-state index is -4.65. The maximum atomic E-state index is 12.1. The van der Waals surface area contributed by atoms with E-state index in [9.17, 15) is 18.0 Å². The summed E-state index contributed by atoms with van der Waals surface area (Å²) in [6.45, 7) is 0. The van der Waals surface area contributed by atoms with Gasteiger partial charge < -0.3 is 0 Å². The van der Waals surface area contributed by atoms with Gasteiger partial charge in [-0.15, -0.1) is 0 Å². The van der Waals surface area contributed by atoms with Crippen LogP contribution in [0.15, 0.2) is 12.3 Å². The van der Waals surface area contributed by atoms with Crippen molar-refractivity contribution in [2.45, 2.75) is 6.18 Å². The Morgan fingerprint density at radius 2 is 2.08 bits per heavy atom. The molecule has 0 radical (unpaired) electrons. The first-order valence-electron chi connectivity index (χ1n) is 3.13. The number of nitrogens with zero attached hydrogens (tertiary/aromatic N) is 1. The minimum Gasteiger partial charge on any atom is -0.298 e. The fourth-order valence-electron chi connectivity index (χ4n) is 0.788. The molecule has 0 spiro atoms. The lowest BCUT2D eigenvalue weighted by Crippen LogP contribution is -2.11. The Morgan fingerprint density at radius 3 is 2.46 bits per heavy atom. The van der Waals surface area contributed by atoms with E-state index in [1.807, 2.05) is 0 Å². The second-order valence-corrected chi connectivity index (χ2v) is 2.58. The number of hydrogen-bond acceptors (Lipinski definition) is 2. The standard InChI is InChI=1S/C7H3ClF3NO/c8-5-1-2-12-6(4(5)3-13)7(9,10)11/h1-3H. The molecule has 70 valence electrons. The molecule has 1 aromatic rings. The zero-order chi connectivity index (χ0) is 10.1. The highest BCUT2D eigenvalue weighted by Gasteiger charge is 2.35. The number of pyridine rings is 1. The van der Waals surface area contributed by atoms with Crippen molar-refractivity contribution in [2.75, 3.05) is 0 Å². The lowest BCUT2D eigenvalue weighted by Gasteiger charge is -2.07. The SMILES string of the molecule is O=Cc1c(Cl)ccnc1C(F)(F)F. The highest BCUT2D eigenvalue weighted by Crippen LogP contribution is 2.31. The third-order valence-electron chi connectivity index (χ3n) is 1.32. The molecule has 0 atom stereocenters. The molecule has 0 N–H and O–H groups in total. The molecule has 0 aliphatic rings. The number of hydrogen-bond donors (Lipinski definition) is 0. The van der Waals surface area contributed by atoms with Gasteiger partial charge in [0, 0.05) is 6.20 Å². The van der Waals surface area contributed by atoms with Crippen molar-refractivity contribution in [1.82, 2.24) is 4.98 Å². The predicted molar refractivity (Wildman–Crippen MR) is 39.6 cm³/mol. The van der Waals surface area contributed by atoms with Crippen LogP contribution in [-0.4, -0.2) is 11.3 Å². The molecule has 0 saturated heterocycles. The molecule has 0 amide bonds. The largest absolute Gasteiger partial charge is 0.434 e. The van der Waals surface area contributed by atoms with Crippen LogP contribution < -0.4 is 0 Å². The molecule has 1 rings (SSSR count). The molecule has 0 unspecified atom stereocenters. The molecule has 0 aromatic carbocycles. The van der Waals surface area contributed by atoms with Crippen molar-refractivity contribution in [1.29, 1.82) is 0 Å². The molecular formula is C7H3ClF3NO. The van der Waals surface area contributed by atoms with Crippen LogP contribution in [0.25, 0.3) is 0 Å². The molecule has 13 heavy (non-hydrogen) atoms. The van der Waals surface area contributed by atoms with Crippen LogP contribution in [0.3, 0.4) is 0 Å². The third kappa shape index (κ3) is 1.98. The van der Waals surface area contributed by atoms with Crippen LogP contribution in [-0.2, 0) is 6.18 Å². The van der Waals surface area contributed by atoms with Gasteiger partial charge in [-0.2, -0.15) is 13.2 Å². The molecule has 0 bridgehead atoms. The van der Waals surface area contributed by atoms with Crippen LogP contribution in [0.1, 0.15) is 16.1 Å². The van der Waals surface area contributed by atoms with Gasteiger partial charge in [-0.25, -0.2) is 0 Å². The average molecular weight is 210 g/mol. The van der Waals surface area contributed by atoms with Gasteiger partial charge in [-0.1, -0.05) is 11.6 Å². The third-order valence-corrected chi connectivity index (χ3v) is 1.65. The van der Waals surface area contributed by atoms with Crippen molar-refractivity contribution in [2.24, 2.45) is 0 Å². The first kappa shape index (κ1) is 9.98.